The topological polar surface area (TPSA) is 21.5 Å². The zero-order chi connectivity index (χ0) is 44.4. The van der Waals surface area contributed by atoms with E-state index in [0.29, 0.717) is 0 Å². The van der Waals surface area contributed by atoms with Crippen LogP contribution in [0.2, 0.25) is 0 Å². The van der Waals surface area contributed by atoms with Crippen molar-refractivity contribution in [2.24, 2.45) is 0 Å². The first-order chi connectivity index (χ1) is 34.2. The molecule has 0 radical (unpaired) electrons. The Balaban J connectivity index is 1.00. The molecule has 8 aliphatic carbocycles. The highest BCUT2D eigenvalue weighted by atomic mass is 16.1. The highest BCUT2D eigenvalue weighted by Gasteiger charge is 2.69. The van der Waals surface area contributed by atoms with Crippen LogP contribution in [-0.4, -0.2) is 10.2 Å². The summed E-state index contributed by atoms with van der Waals surface area (Å²) in [6.07, 6.45) is 0. The molecule has 2 nitrogen and oxygen atoms in total. The van der Waals surface area contributed by atoms with Crippen molar-refractivity contribution in [2.75, 3.05) is 0 Å². The third-order valence-corrected chi connectivity index (χ3v) is 18.9. The number of hydrogen-bond donors (Lipinski definition) is 0. The van der Waals surface area contributed by atoms with Gasteiger partial charge in [0.05, 0.1) is 27.9 Å². The van der Waals surface area contributed by atoms with Gasteiger partial charge in [-0.15, -0.1) is 0 Å². The molecule has 2 bridgehead atoms. The number of hydrogen-bond acceptors (Lipinski definition) is 1. The molecule has 0 amide bonds. The second kappa shape index (κ2) is 11.2. The maximum Gasteiger partial charge on any atom is 0.171 e. The van der Waals surface area contributed by atoms with Crippen molar-refractivity contribution in [1.82, 2.24) is 4.40 Å². The molecule has 12 aromatic rings. The number of aromatic nitrogens is 1. The van der Waals surface area contributed by atoms with Crippen LogP contribution in [0.4, 0.5) is 0 Å². The second-order valence-electron chi connectivity index (χ2n) is 21.1. The Labute approximate surface area is 397 Å². The van der Waals surface area contributed by atoms with Crippen molar-refractivity contribution >= 4 is 43.9 Å². The summed E-state index contributed by atoms with van der Waals surface area (Å²) in [5.74, 6) is 0.374. The first-order valence-corrected chi connectivity index (χ1v) is 24.8. The summed E-state index contributed by atoms with van der Waals surface area (Å²) in [4.78, 5) is 15.6. The van der Waals surface area contributed by atoms with Gasteiger partial charge >= 0.3 is 0 Å². The largest absolute Gasteiger partial charge is 0.308 e. The molecule has 3 unspecified atom stereocenters. The fraction of sp³-hybridized carbons (Fsp3) is 0.0896. The third-order valence-electron chi connectivity index (χ3n) is 18.9. The van der Waals surface area contributed by atoms with Crippen LogP contribution < -0.4 is 0 Å². The van der Waals surface area contributed by atoms with Crippen molar-refractivity contribution in [3.8, 4) is 22.3 Å². The molecule has 2 aromatic heterocycles. The van der Waals surface area contributed by atoms with Crippen LogP contribution in [0.3, 0.4) is 0 Å². The SMILES string of the molecule is O=C1c2cc3c(cc2C24c5ccccc5C2c2ccccc2C14)c1c2c(cc4c5c6c(ccc5n3c41)C1(c3ccccc3-c3ccccc31)c1ccccc1-6)C1c3ccccc3C2c2ccccc21. The summed E-state index contributed by atoms with van der Waals surface area (Å²) in [6, 6.07) is 76.3. The van der Waals surface area contributed by atoms with E-state index in [9.17, 15) is 0 Å². The van der Waals surface area contributed by atoms with Gasteiger partial charge in [0.15, 0.2) is 5.78 Å². The Morgan fingerprint density at radius 2 is 0.899 bits per heavy atom. The normalized spacial score (nSPS) is 22.1. The first kappa shape index (κ1) is 34.9. The predicted molar refractivity (Wildman–Crippen MR) is 275 cm³/mol. The molecule has 10 aromatic carbocycles. The van der Waals surface area contributed by atoms with Crippen molar-refractivity contribution in [2.45, 2.75) is 34.5 Å². The van der Waals surface area contributed by atoms with Crippen LogP contribution in [0.1, 0.15) is 117 Å². The predicted octanol–water partition coefficient (Wildman–Crippen LogP) is 14.9. The van der Waals surface area contributed by atoms with Gasteiger partial charge in [0.2, 0.25) is 0 Å². The lowest BCUT2D eigenvalue weighted by molar-refractivity contribution is 0.0949. The minimum atomic E-state index is -0.450. The van der Waals surface area contributed by atoms with Gasteiger partial charge in [-0.2, -0.15) is 0 Å². The van der Waals surface area contributed by atoms with Crippen LogP contribution in [-0.2, 0) is 10.8 Å². The van der Waals surface area contributed by atoms with Crippen molar-refractivity contribution in [3.05, 3.63) is 289 Å². The zero-order valence-corrected chi connectivity index (χ0v) is 37.2. The van der Waals surface area contributed by atoms with Crippen molar-refractivity contribution < 1.29 is 4.79 Å². The van der Waals surface area contributed by atoms with Gasteiger partial charge in [-0.25, -0.2) is 0 Å². The van der Waals surface area contributed by atoms with E-state index < -0.39 is 10.8 Å². The number of rotatable bonds is 0. The Morgan fingerprint density at radius 3 is 1.57 bits per heavy atom. The number of carbonyl (C=O) groups excluding carboxylic acids is 1. The number of Topliss-reactive ketones (excluding diaryl/α,β-unsaturated/α-hetero) is 1. The molecule has 2 spiro atoms. The van der Waals surface area contributed by atoms with Crippen LogP contribution in [0.15, 0.2) is 200 Å². The van der Waals surface area contributed by atoms with E-state index in [1.807, 2.05) is 0 Å². The van der Waals surface area contributed by atoms with E-state index in [1.165, 1.54) is 138 Å². The highest BCUT2D eigenvalue weighted by molar-refractivity contribution is 6.29. The van der Waals surface area contributed by atoms with Gasteiger partial charge in [-0.1, -0.05) is 176 Å². The summed E-state index contributed by atoms with van der Waals surface area (Å²) in [7, 11) is 0. The van der Waals surface area contributed by atoms with E-state index in [4.69, 9.17) is 0 Å². The minimum Gasteiger partial charge on any atom is -0.308 e. The number of fused-ring (bicyclic) bond motifs is 23. The van der Waals surface area contributed by atoms with Gasteiger partial charge in [-0.3, -0.25) is 4.79 Å². The molecular weight excluding hydrogens is 835 g/mol. The summed E-state index contributed by atoms with van der Waals surface area (Å²) in [6.45, 7) is 0. The smallest absolute Gasteiger partial charge is 0.171 e. The van der Waals surface area contributed by atoms with Gasteiger partial charge in [-0.05, 0) is 130 Å². The van der Waals surface area contributed by atoms with Crippen LogP contribution in [0.25, 0.3) is 60.3 Å². The van der Waals surface area contributed by atoms with Gasteiger partial charge in [0, 0.05) is 50.3 Å². The monoisotopic (exact) mass is 871 g/mol. The molecule has 69 heavy (non-hydrogen) atoms. The van der Waals surface area contributed by atoms with Crippen LogP contribution in [0.5, 0.6) is 0 Å². The standard InChI is InChI=1S/C67H37NO/c69-65-44-33-55-45(32-53(44)67-51-28-14-10-24-43(51)62(67)40-21-5-6-22-41(40)63(65)67)61-60-46(56-36-17-1-3-19-38(36)57(60)39-20-4-2-18-37(39)56)31-47-59-54(68(55)64(47)61)30-29-52-58(59)42-23-9-13-27-50(42)66(52)48-25-11-7-15-34(48)35-16-8-12-26-49(35)66/h1-33,56-57,62-63H. The molecule has 20 rings (SSSR count). The summed E-state index contributed by atoms with van der Waals surface area (Å²) >= 11 is 0. The van der Waals surface area contributed by atoms with Crippen molar-refractivity contribution in [3.63, 3.8) is 0 Å². The molecule has 0 aliphatic heterocycles. The lowest BCUT2D eigenvalue weighted by Crippen LogP contribution is -2.43. The van der Waals surface area contributed by atoms with Crippen LogP contribution in [0, 0.1) is 0 Å². The summed E-state index contributed by atoms with van der Waals surface area (Å²) < 4.78 is 2.60. The Morgan fingerprint density at radius 1 is 0.362 bits per heavy atom. The Hall–Kier alpha value is -8.33. The Bertz CT molecular complexity index is 4410. The van der Waals surface area contributed by atoms with E-state index in [1.54, 1.807) is 0 Å². The minimum absolute atomic E-state index is 0.0872. The summed E-state index contributed by atoms with van der Waals surface area (Å²) in [5, 5.41) is 5.25. The molecule has 0 fully saturated rings. The lowest BCUT2D eigenvalue weighted by Gasteiger charge is -2.48. The maximum absolute atomic E-state index is 15.6. The molecule has 0 N–H and O–H groups in total. The third kappa shape index (κ3) is 3.40. The van der Waals surface area contributed by atoms with E-state index >= 15 is 4.79 Å². The fourth-order valence-corrected chi connectivity index (χ4v) is 17.0. The van der Waals surface area contributed by atoms with Gasteiger partial charge < -0.3 is 4.40 Å². The number of ketones is 1. The zero-order valence-electron chi connectivity index (χ0n) is 37.2. The average molecular weight is 872 g/mol. The molecule has 2 heteroatoms. The number of benzene rings is 10. The first-order valence-electron chi connectivity index (χ1n) is 24.8. The maximum atomic E-state index is 15.6. The number of carbonyl (C=O) groups is 1. The van der Waals surface area contributed by atoms with E-state index in [0.717, 1.165) is 11.1 Å². The average Bonchev–Trinajstić information content (AvgIpc) is 4.20. The highest BCUT2D eigenvalue weighted by Crippen LogP contribution is 2.74. The Kier molecular flexibility index (Phi) is 5.64. The molecular formula is C67H37NO. The molecule has 316 valence electrons. The molecule has 0 saturated heterocycles. The van der Waals surface area contributed by atoms with E-state index in [2.05, 4.69) is 205 Å². The van der Waals surface area contributed by atoms with Gasteiger partial charge in [0.1, 0.15) is 0 Å². The van der Waals surface area contributed by atoms with E-state index in [-0.39, 0.29) is 29.5 Å². The number of nitrogens with zero attached hydrogens (tertiary/aromatic N) is 1. The van der Waals surface area contributed by atoms with Crippen molar-refractivity contribution in [1.29, 1.82) is 0 Å². The quantitative estimate of drug-likeness (QED) is 0.149. The van der Waals surface area contributed by atoms with Crippen LogP contribution >= 0.6 is 0 Å². The lowest BCUT2D eigenvalue weighted by atomic mass is 9.52. The molecule has 0 saturated carbocycles. The molecule has 2 heterocycles. The fourth-order valence-electron chi connectivity index (χ4n) is 17.0. The van der Waals surface area contributed by atoms with Gasteiger partial charge in [0.25, 0.3) is 0 Å². The second-order valence-corrected chi connectivity index (χ2v) is 21.1. The molecule has 8 aliphatic rings. The molecule has 3 atom stereocenters. The summed E-state index contributed by atoms with van der Waals surface area (Å²) in [5.41, 5.74) is 29.4.